The molecule has 4 aromatic rings. The van der Waals surface area contributed by atoms with Crippen molar-refractivity contribution in [1.82, 2.24) is 19.9 Å². The van der Waals surface area contributed by atoms with Crippen molar-refractivity contribution in [3.05, 3.63) is 32.2 Å². The van der Waals surface area contributed by atoms with E-state index in [9.17, 15) is 19.2 Å². The van der Waals surface area contributed by atoms with Crippen LogP contribution in [0.15, 0.2) is 10.8 Å². The highest BCUT2D eigenvalue weighted by Gasteiger charge is 2.17. The minimum atomic E-state index is -1.05. The van der Waals surface area contributed by atoms with Crippen molar-refractivity contribution in [3.8, 4) is 21.1 Å². The number of carboxylic acids is 1. The zero-order valence-corrected chi connectivity index (χ0v) is 23.1. The molecule has 0 atom stereocenters. The molecule has 0 saturated heterocycles. The second kappa shape index (κ2) is 11.7. The van der Waals surface area contributed by atoms with Gasteiger partial charge >= 0.3 is 5.97 Å². The number of halogens is 1. The molecule has 0 aliphatic rings. The molecule has 0 saturated carbocycles. The van der Waals surface area contributed by atoms with Crippen LogP contribution in [0.4, 0.5) is 10.3 Å². The molecule has 2 amide bonds. The van der Waals surface area contributed by atoms with E-state index in [4.69, 9.17) is 16.7 Å². The van der Waals surface area contributed by atoms with Gasteiger partial charge in [-0.3, -0.25) is 14.4 Å². The maximum absolute atomic E-state index is 11.0. The second-order valence-electron chi connectivity index (χ2n) is 6.88. The summed E-state index contributed by atoms with van der Waals surface area (Å²) in [6.07, 6.45) is 0. The molecular formula is C20H17ClN6O5S4. The minimum absolute atomic E-state index is 0.0406. The summed E-state index contributed by atoms with van der Waals surface area (Å²) in [5.74, 6) is -1.42. The monoisotopic (exact) mass is 584 g/mol. The lowest BCUT2D eigenvalue weighted by Crippen LogP contribution is -2.04. The van der Waals surface area contributed by atoms with Crippen LogP contribution in [-0.2, 0) is 9.59 Å². The van der Waals surface area contributed by atoms with Crippen molar-refractivity contribution in [3.63, 3.8) is 0 Å². The van der Waals surface area contributed by atoms with Gasteiger partial charge in [0.15, 0.2) is 15.3 Å². The van der Waals surface area contributed by atoms with E-state index in [0.29, 0.717) is 27.3 Å². The van der Waals surface area contributed by atoms with Crippen LogP contribution in [0.3, 0.4) is 0 Å². The van der Waals surface area contributed by atoms with Gasteiger partial charge in [-0.05, 0) is 25.4 Å². The normalized spacial score (nSPS) is 10.4. The lowest BCUT2D eigenvalue weighted by Gasteiger charge is -1.92. The van der Waals surface area contributed by atoms with Gasteiger partial charge in [-0.25, -0.2) is 24.7 Å². The summed E-state index contributed by atoms with van der Waals surface area (Å²) in [6, 6.07) is 0. The van der Waals surface area contributed by atoms with Crippen molar-refractivity contribution in [2.75, 3.05) is 10.6 Å². The van der Waals surface area contributed by atoms with Gasteiger partial charge in [0.1, 0.15) is 0 Å². The summed E-state index contributed by atoms with van der Waals surface area (Å²) < 4.78 is 0. The number of hydrogen-bond acceptors (Lipinski definition) is 12. The average molecular weight is 585 g/mol. The molecule has 0 unspecified atom stereocenters. The van der Waals surface area contributed by atoms with Crippen molar-refractivity contribution in [2.45, 2.75) is 27.7 Å². The van der Waals surface area contributed by atoms with E-state index in [1.165, 1.54) is 47.9 Å². The molecule has 0 radical (unpaired) electrons. The molecule has 0 aromatic carbocycles. The predicted octanol–water partition coefficient (Wildman–Crippen LogP) is 5.14. The third-order valence-corrected chi connectivity index (χ3v) is 8.14. The van der Waals surface area contributed by atoms with Gasteiger partial charge in [-0.2, -0.15) is 0 Å². The Kier molecular flexibility index (Phi) is 8.97. The van der Waals surface area contributed by atoms with E-state index >= 15 is 0 Å². The predicted molar refractivity (Wildman–Crippen MR) is 142 cm³/mol. The van der Waals surface area contributed by atoms with Crippen molar-refractivity contribution in [1.29, 1.82) is 0 Å². The highest BCUT2D eigenvalue weighted by Crippen LogP contribution is 2.34. The van der Waals surface area contributed by atoms with E-state index in [1.807, 2.05) is 6.92 Å². The molecule has 0 spiro atoms. The number of anilines is 2. The molecule has 4 heterocycles. The lowest BCUT2D eigenvalue weighted by atomic mass is 10.3. The van der Waals surface area contributed by atoms with Gasteiger partial charge in [0.2, 0.25) is 16.8 Å². The van der Waals surface area contributed by atoms with Gasteiger partial charge in [0, 0.05) is 24.6 Å². The van der Waals surface area contributed by atoms with Crippen LogP contribution < -0.4 is 10.6 Å². The maximum atomic E-state index is 11.0. The first kappa shape index (κ1) is 27.5. The number of carbonyl (C=O) groups is 4. The summed E-state index contributed by atoms with van der Waals surface area (Å²) in [4.78, 5) is 61.7. The molecule has 4 aromatic heterocycles. The molecular weight excluding hydrogens is 568 g/mol. The SMILES string of the molecule is CC(=O)Nc1nc(C)c(-c2csc(C(=O)Cl)n2)s1.CC(=O)Nc1nc(C)c(-c2csc(C(=O)O)n2)s1. The number of aromatic nitrogens is 4. The van der Waals surface area contributed by atoms with E-state index in [2.05, 4.69) is 30.6 Å². The molecule has 11 nitrogen and oxygen atoms in total. The first-order valence-corrected chi connectivity index (χ1v) is 13.6. The average Bonchev–Trinajstić information content (AvgIpc) is 3.54. The zero-order chi connectivity index (χ0) is 26.6. The molecule has 3 N–H and O–H groups in total. The number of aromatic carboxylic acids is 1. The Morgan fingerprint density at radius 2 is 1.19 bits per heavy atom. The van der Waals surface area contributed by atoms with Crippen LogP contribution in [-0.4, -0.2) is 48.1 Å². The summed E-state index contributed by atoms with van der Waals surface area (Å²) in [5.41, 5.74) is 2.69. The molecule has 0 bridgehead atoms. The highest BCUT2D eigenvalue weighted by molar-refractivity contribution is 7.20. The number of carboxylic acid groups (broad SMARTS) is 1. The fourth-order valence-corrected chi connectivity index (χ4v) is 6.18. The van der Waals surface area contributed by atoms with E-state index < -0.39 is 11.2 Å². The van der Waals surface area contributed by atoms with Gasteiger partial charge in [0.25, 0.3) is 5.24 Å². The topological polar surface area (TPSA) is 164 Å². The smallest absolute Gasteiger partial charge is 0.365 e. The van der Waals surface area contributed by atoms with E-state index in [1.54, 1.807) is 17.7 Å². The first-order valence-electron chi connectivity index (χ1n) is 9.79. The Labute approximate surface area is 225 Å². The standard InChI is InChI=1S/C10H8ClN3O2S2.C10H9N3O3S2/c1-4-7(18-10(12-4)13-5(2)15)6-3-17-9(14-6)8(11)16;1-4-7(18-10(11-4)12-5(2)14)6-3-17-8(13-6)9(15)16/h3H,1-2H3,(H,12,13,15);3H,1-2H3,(H,15,16)(H,11,12,14). The summed E-state index contributed by atoms with van der Waals surface area (Å²) in [6.45, 7) is 6.43. The molecule has 16 heteroatoms. The van der Waals surface area contributed by atoms with E-state index in [-0.39, 0.29) is 21.8 Å². The number of thiazole rings is 4. The Morgan fingerprint density at radius 1 is 0.778 bits per heavy atom. The van der Waals surface area contributed by atoms with Crippen LogP contribution in [0, 0.1) is 13.8 Å². The lowest BCUT2D eigenvalue weighted by molar-refractivity contribution is -0.115. The number of nitrogens with one attached hydrogen (secondary N) is 2. The number of carbonyl (C=O) groups excluding carboxylic acids is 3. The third kappa shape index (κ3) is 6.98. The van der Waals surface area contributed by atoms with Crippen molar-refractivity contribution in [2.24, 2.45) is 0 Å². The number of amides is 2. The third-order valence-electron chi connectivity index (χ3n) is 3.98. The fourth-order valence-electron chi connectivity index (χ4n) is 2.62. The molecule has 188 valence electrons. The van der Waals surface area contributed by atoms with Crippen LogP contribution in [0.25, 0.3) is 21.1 Å². The van der Waals surface area contributed by atoms with Crippen LogP contribution in [0.5, 0.6) is 0 Å². The van der Waals surface area contributed by atoms with Gasteiger partial charge in [0.05, 0.1) is 32.5 Å². The minimum Gasteiger partial charge on any atom is -0.476 e. The second-order valence-corrected chi connectivity index (χ2v) is 10.9. The van der Waals surface area contributed by atoms with Gasteiger partial charge in [-0.1, -0.05) is 22.7 Å². The van der Waals surface area contributed by atoms with Gasteiger partial charge < -0.3 is 15.7 Å². The Hall–Kier alpha value is -3.11. The number of hydrogen-bond donors (Lipinski definition) is 3. The van der Waals surface area contributed by atoms with Crippen LogP contribution >= 0.6 is 56.9 Å². The summed E-state index contributed by atoms with van der Waals surface area (Å²) in [7, 11) is 0. The quantitative estimate of drug-likeness (QED) is 0.260. The van der Waals surface area contributed by atoms with Crippen LogP contribution in [0.1, 0.15) is 44.8 Å². The summed E-state index contributed by atoms with van der Waals surface area (Å²) in [5, 5.41) is 18.2. The number of aryl methyl sites for hydroxylation is 2. The molecule has 36 heavy (non-hydrogen) atoms. The number of nitrogens with zero attached hydrogens (tertiary/aromatic N) is 4. The molecule has 0 aliphatic heterocycles. The first-order chi connectivity index (χ1) is 16.9. The molecule has 4 rings (SSSR count). The Morgan fingerprint density at radius 3 is 1.53 bits per heavy atom. The molecule has 0 aliphatic carbocycles. The van der Waals surface area contributed by atoms with E-state index in [0.717, 1.165) is 26.8 Å². The largest absolute Gasteiger partial charge is 0.476 e. The van der Waals surface area contributed by atoms with Crippen molar-refractivity contribution < 1.29 is 24.3 Å². The Balaban J connectivity index is 0.000000201. The number of rotatable bonds is 6. The van der Waals surface area contributed by atoms with Crippen LogP contribution in [0.2, 0.25) is 0 Å². The zero-order valence-electron chi connectivity index (χ0n) is 19.0. The maximum Gasteiger partial charge on any atom is 0.365 e. The highest BCUT2D eigenvalue weighted by atomic mass is 35.5. The fraction of sp³-hybridized carbons (Fsp3) is 0.200. The van der Waals surface area contributed by atoms with Crippen molar-refractivity contribution >= 4 is 90.2 Å². The molecule has 0 fully saturated rings. The Bertz CT molecular complexity index is 1350. The van der Waals surface area contributed by atoms with Gasteiger partial charge in [-0.15, -0.1) is 22.7 Å². The summed E-state index contributed by atoms with van der Waals surface area (Å²) >= 11 is 10.2.